The minimum absolute atomic E-state index is 0.000780. The summed E-state index contributed by atoms with van der Waals surface area (Å²) in [6, 6.07) is 13.9. The molecule has 0 aliphatic rings. The van der Waals surface area contributed by atoms with E-state index < -0.39 is 0 Å². The highest BCUT2D eigenvalue weighted by Crippen LogP contribution is 2.18. The SMILES string of the molecule is CC(=O)c1ccc(OCC(=O)c2ccccc2Br)cc1. The molecule has 0 atom stereocenters. The maximum absolute atomic E-state index is 12.0. The maximum Gasteiger partial charge on any atom is 0.201 e. The molecular formula is C16H13BrO3. The predicted octanol–water partition coefficient (Wildman–Crippen LogP) is 3.91. The van der Waals surface area contributed by atoms with Gasteiger partial charge in [0.25, 0.3) is 0 Å². The molecule has 4 heteroatoms. The standard InChI is InChI=1S/C16H13BrO3/c1-11(18)12-6-8-13(9-7-12)20-10-16(19)14-4-2-3-5-15(14)17/h2-9H,10H2,1H3. The normalized spacial score (nSPS) is 10.1. The van der Waals surface area contributed by atoms with E-state index in [0.717, 1.165) is 4.47 Å². The molecule has 0 aliphatic heterocycles. The van der Waals surface area contributed by atoms with Crippen LogP contribution in [-0.4, -0.2) is 18.2 Å². The van der Waals surface area contributed by atoms with Gasteiger partial charge in [0, 0.05) is 15.6 Å². The average molecular weight is 333 g/mol. The molecule has 0 amide bonds. The Morgan fingerprint density at radius 2 is 1.70 bits per heavy atom. The molecule has 0 unspecified atom stereocenters. The number of hydrogen-bond donors (Lipinski definition) is 0. The molecule has 20 heavy (non-hydrogen) atoms. The second-order valence-corrected chi connectivity index (χ2v) is 5.13. The number of Topliss-reactive ketones (excluding diaryl/α,β-unsaturated/α-hetero) is 2. The van der Waals surface area contributed by atoms with Crippen LogP contribution in [0.5, 0.6) is 5.75 Å². The van der Waals surface area contributed by atoms with Crippen LogP contribution in [0.2, 0.25) is 0 Å². The van der Waals surface area contributed by atoms with Gasteiger partial charge in [-0.25, -0.2) is 0 Å². The third kappa shape index (κ3) is 3.54. The third-order valence-corrected chi connectivity index (χ3v) is 3.50. The summed E-state index contributed by atoms with van der Waals surface area (Å²) in [5.74, 6) is 0.462. The van der Waals surface area contributed by atoms with Crippen molar-refractivity contribution in [2.24, 2.45) is 0 Å². The van der Waals surface area contributed by atoms with E-state index in [1.165, 1.54) is 6.92 Å². The Bertz CT molecular complexity index is 632. The molecule has 102 valence electrons. The van der Waals surface area contributed by atoms with Crippen molar-refractivity contribution in [3.63, 3.8) is 0 Å². The van der Waals surface area contributed by atoms with Crippen molar-refractivity contribution in [2.75, 3.05) is 6.61 Å². The Morgan fingerprint density at radius 1 is 1.05 bits per heavy atom. The van der Waals surface area contributed by atoms with Crippen LogP contribution in [0.4, 0.5) is 0 Å². The van der Waals surface area contributed by atoms with E-state index in [0.29, 0.717) is 16.9 Å². The summed E-state index contributed by atoms with van der Waals surface area (Å²) in [7, 11) is 0. The minimum Gasteiger partial charge on any atom is -0.485 e. The quantitative estimate of drug-likeness (QED) is 0.779. The van der Waals surface area contributed by atoms with E-state index in [-0.39, 0.29) is 18.2 Å². The van der Waals surface area contributed by atoms with Crippen LogP contribution in [0.15, 0.2) is 53.0 Å². The Hall–Kier alpha value is -1.94. The summed E-state index contributed by atoms with van der Waals surface area (Å²) in [5, 5.41) is 0. The van der Waals surface area contributed by atoms with Crippen LogP contribution in [0.1, 0.15) is 27.6 Å². The fraction of sp³-hybridized carbons (Fsp3) is 0.125. The number of carbonyl (C=O) groups is 2. The lowest BCUT2D eigenvalue weighted by Crippen LogP contribution is -2.12. The van der Waals surface area contributed by atoms with Gasteiger partial charge in [-0.3, -0.25) is 9.59 Å². The molecule has 2 aromatic carbocycles. The fourth-order valence-electron chi connectivity index (χ4n) is 1.70. The van der Waals surface area contributed by atoms with Gasteiger partial charge < -0.3 is 4.74 Å². The van der Waals surface area contributed by atoms with Crippen molar-refractivity contribution in [2.45, 2.75) is 6.92 Å². The maximum atomic E-state index is 12.0. The summed E-state index contributed by atoms with van der Waals surface area (Å²) in [5.41, 5.74) is 1.21. The number of ketones is 2. The second-order valence-electron chi connectivity index (χ2n) is 4.27. The molecule has 0 radical (unpaired) electrons. The fourth-order valence-corrected chi connectivity index (χ4v) is 2.21. The summed E-state index contributed by atoms with van der Waals surface area (Å²) < 4.78 is 6.18. The molecule has 0 saturated heterocycles. The van der Waals surface area contributed by atoms with Crippen LogP contribution in [0, 0.1) is 0 Å². The van der Waals surface area contributed by atoms with Crippen LogP contribution in [0.3, 0.4) is 0 Å². The van der Waals surface area contributed by atoms with Gasteiger partial charge in [-0.05, 0) is 37.3 Å². The molecule has 0 N–H and O–H groups in total. The smallest absolute Gasteiger partial charge is 0.201 e. The first-order valence-electron chi connectivity index (χ1n) is 6.09. The summed E-state index contributed by atoms with van der Waals surface area (Å²) in [6.45, 7) is 1.47. The van der Waals surface area contributed by atoms with E-state index in [4.69, 9.17) is 4.74 Å². The zero-order chi connectivity index (χ0) is 14.5. The van der Waals surface area contributed by atoms with E-state index in [1.54, 1.807) is 36.4 Å². The lowest BCUT2D eigenvalue weighted by atomic mass is 10.1. The Labute approximate surface area is 125 Å². The van der Waals surface area contributed by atoms with Gasteiger partial charge in [0.15, 0.2) is 12.4 Å². The van der Waals surface area contributed by atoms with Crippen molar-refractivity contribution in [1.82, 2.24) is 0 Å². The Kier molecular flexibility index (Phi) is 4.69. The minimum atomic E-state index is -0.104. The number of rotatable bonds is 5. The molecule has 0 aromatic heterocycles. The zero-order valence-electron chi connectivity index (χ0n) is 10.9. The molecule has 0 heterocycles. The van der Waals surface area contributed by atoms with Crippen molar-refractivity contribution >= 4 is 27.5 Å². The van der Waals surface area contributed by atoms with Gasteiger partial charge in [0.05, 0.1) is 0 Å². The van der Waals surface area contributed by atoms with E-state index >= 15 is 0 Å². The highest BCUT2D eigenvalue weighted by Gasteiger charge is 2.10. The molecule has 0 fully saturated rings. The van der Waals surface area contributed by atoms with Gasteiger partial charge in [0.1, 0.15) is 5.75 Å². The molecule has 0 saturated carbocycles. The number of carbonyl (C=O) groups excluding carboxylic acids is 2. The number of ether oxygens (including phenoxy) is 1. The van der Waals surface area contributed by atoms with Crippen LogP contribution < -0.4 is 4.74 Å². The topological polar surface area (TPSA) is 43.4 Å². The van der Waals surface area contributed by atoms with Gasteiger partial charge >= 0.3 is 0 Å². The van der Waals surface area contributed by atoms with Crippen LogP contribution in [0.25, 0.3) is 0 Å². The molecule has 0 bridgehead atoms. The summed E-state index contributed by atoms with van der Waals surface area (Å²) in [4.78, 5) is 23.1. The summed E-state index contributed by atoms with van der Waals surface area (Å²) in [6.07, 6.45) is 0. The second kappa shape index (κ2) is 6.48. The highest BCUT2D eigenvalue weighted by molar-refractivity contribution is 9.10. The monoisotopic (exact) mass is 332 g/mol. The first kappa shape index (κ1) is 14.5. The van der Waals surface area contributed by atoms with Gasteiger partial charge in [-0.1, -0.05) is 34.1 Å². The highest BCUT2D eigenvalue weighted by atomic mass is 79.9. The molecule has 0 spiro atoms. The molecule has 3 nitrogen and oxygen atoms in total. The third-order valence-electron chi connectivity index (χ3n) is 2.81. The molecule has 0 aliphatic carbocycles. The Morgan fingerprint density at radius 3 is 2.30 bits per heavy atom. The number of hydrogen-bond acceptors (Lipinski definition) is 3. The summed E-state index contributed by atoms with van der Waals surface area (Å²) >= 11 is 3.33. The van der Waals surface area contributed by atoms with Crippen LogP contribution >= 0.6 is 15.9 Å². The largest absolute Gasteiger partial charge is 0.485 e. The Balaban J connectivity index is 2.00. The van der Waals surface area contributed by atoms with Crippen molar-refractivity contribution in [3.8, 4) is 5.75 Å². The number of benzene rings is 2. The van der Waals surface area contributed by atoms with Crippen LogP contribution in [-0.2, 0) is 0 Å². The number of halogens is 1. The molecular weight excluding hydrogens is 320 g/mol. The van der Waals surface area contributed by atoms with Crippen molar-refractivity contribution in [1.29, 1.82) is 0 Å². The first-order chi connectivity index (χ1) is 9.58. The van der Waals surface area contributed by atoms with Gasteiger partial charge in [-0.15, -0.1) is 0 Å². The lowest BCUT2D eigenvalue weighted by molar-refractivity contribution is 0.0919. The van der Waals surface area contributed by atoms with Crippen molar-refractivity contribution in [3.05, 3.63) is 64.1 Å². The molecule has 2 rings (SSSR count). The van der Waals surface area contributed by atoms with E-state index in [9.17, 15) is 9.59 Å². The van der Waals surface area contributed by atoms with Gasteiger partial charge in [0.2, 0.25) is 5.78 Å². The van der Waals surface area contributed by atoms with E-state index in [1.807, 2.05) is 12.1 Å². The zero-order valence-corrected chi connectivity index (χ0v) is 12.5. The average Bonchev–Trinajstić information content (AvgIpc) is 2.45. The van der Waals surface area contributed by atoms with Gasteiger partial charge in [-0.2, -0.15) is 0 Å². The van der Waals surface area contributed by atoms with E-state index in [2.05, 4.69) is 15.9 Å². The van der Waals surface area contributed by atoms with Crippen molar-refractivity contribution < 1.29 is 14.3 Å². The predicted molar refractivity (Wildman–Crippen MR) is 80.4 cm³/mol. The molecule has 2 aromatic rings. The first-order valence-corrected chi connectivity index (χ1v) is 6.89. The lowest BCUT2D eigenvalue weighted by Gasteiger charge is -2.07.